The van der Waals surface area contributed by atoms with Crippen LogP contribution in [-0.4, -0.2) is 220 Å². The number of unbranched alkanes of at least 4 members (excludes halogenated alkanes) is 2. The van der Waals surface area contributed by atoms with Crippen molar-refractivity contribution in [1.82, 2.24) is 44.1 Å². The maximum atomic E-state index is 2.69. The highest BCUT2D eigenvalue weighted by Crippen LogP contribution is 2.42. The fraction of sp³-hybridized carbons (Fsp3) is 1.00. The molecule has 9 heteroatoms. The SMILES string of the molecule is CC(C)(C)CCCCCN1CCC(C(C)(C)C)CC1.CC(C)(C)CCN1CCCN(CCC(C)(C)C)CC1.CC(C)(C)CCN1CCN(CCC(C)(C)C)CC1.CC(C)(C)CN1CC2(C1)CN(CC(C)(C)C)C2.CC(C)CN1CCN(C(C)C)CC1. The number of rotatable bonds is 18. The van der Waals surface area contributed by atoms with Crippen LogP contribution in [0.2, 0.25) is 0 Å². The minimum Gasteiger partial charge on any atom is -0.303 e. The van der Waals surface area contributed by atoms with E-state index in [-0.39, 0.29) is 0 Å². The van der Waals surface area contributed by atoms with Crippen molar-refractivity contribution in [2.24, 2.45) is 60.6 Å². The molecule has 0 N–H and O–H groups in total. The largest absolute Gasteiger partial charge is 0.303 e. The van der Waals surface area contributed by atoms with Gasteiger partial charge in [-0.2, -0.15) is 0 Å². The predicted octanol–water partition coefficient (Wildman–Crippen LogP) is 17.1. The van der Waals surface area contributed by atoms with Crippen LogP contribution < -0.4 is 0 Å². The second-order valence-corrected chi connectivity index (χ2v) is 39.6. The minimum absolute atomic E-state index is 0.455. The van der Waals surface area contributed by atoms with E-state index in [1.807, 2.05) is 0 Å². The highest BCUT2D eigenvalue weighted by atomic mass is 15.3. The van der Waals surface area contributed by atoms with E-state index in [0.29, 0.717) is 48.7 Å². The molecule has 6 rings (SSSR count). The summed E-state index contributed by atoms with van der Waals surface area (Å²) in [5.41, 5.74) is 4.51. The molecular weight excluding hydrogens is 1050 g/mol. The zero-order valence-corrected chi connectivity index (χ0v) is 64.4. The van der Waals surface area contributed by atoms with E-state index in [2.05, 4.69) is 238 Å². The topological polar surface area (TPSA) is 29.2 Å². The molecule has 0 aromatic heterocycles. The first kappa shape index (κ1) is 81.7. The summed E-state index contributed by atoms with van der Waals surface area (Å²) in [5.74, 6) is 1.75. The maximum Gasteiger partial charge on any atom is 0.0212 e. The number of hydrogen-bond donors (Lipinski definition) is 0. The molecule has 86 heavy (non-hydrogen) atoms. The van der Waals surface area contributed by atoms with E-state index < -0.39 is 0 Å². The quantitative estimate of drug-likeness (QED) is 0.125. The molecule has 6 heterocycles. The van der Waals surface area contributed by atoms with Gasteiger partial charge in [-0.1, -0.05) is 193 Å². The molecule has 0 unspecified atom stereocenters. The summed E-state index contributed by atoms with van der Waals surface area (Å²) < 4.78 is 0. The fourth-order valence-corrected chi connectivity index (χ4v) is 13.4. The van der Waals surface area contributed by atoms with Crippen molar-refractivity contribution in [3.8, 4) is 0 Å². The van der Waals surface area contributed by atoms with Gasteiger partial charge in [-0.3, -0.25) is 4.90 Å². The number of likely N-dealkylation sites (tertiary alicyclic amines) is 3. The van der Waals surface area contributed by atoms with Gasteiger partial charge in [0.2, 0.25) is 0 Å². The van der Waals surface area contributed by atoms with Gasteiger partial charge in [-0.15, -0.1) is 0 Å². The average molecular weight is 1210 g/mol. The van der Waals surface area contributed by atoms with Crippen molar-refractivity contribution in [2.45, 2.75) is 271 Å². The molecule has 6 aliphatic rings. The first-order valence-corrected chi connectivity index (χ1v) is 36.7. The van der Waals surface area contributed by atoms with Crippen LogP contribution in [0.3, 0.4) is 0 Å². The molecule has 0 aromatic rings. The standard InChI is InChI=1S/C18H37N.C17H36N2.C16H34N2.C15H30N2.C11H24N2/c1-17(2,3)12-8-7-9-13-19-14-10-16(11-15-19)18(4,5)6;1-16(2,3)8-12-18-10-7-11-19(15-14-18)13-9-17(4,5)6;1-15(2,3)7-9-17-11-13-18(14-12-17)10-8-16(4,5)6;1-13(2,3)7-16-9-15(10-16)11-17(12-15)8-14(4,5)6;1-10(2)9-12-5-7-13(8-6-12)11(3)4/h16H,7-15H2,1-6H3;7-15H2,1-6H3;7-14H2,1-6H3;7-12H2,1-6H3;10-11H,5-9H2,1-4H3. The van der Waals surface area contributed by atoms with Gasteiger partial charge in [-0.05, 0) is 186 Å². The third-order valence-electron chi connectivity index (χ3n) is 19.0. The van der Waals surface area contributed by atoms with Crippen LogP contribution in [0.25, 0.3) is 0 Å². The average Bonchev–Trinajstić information content (AvgIpc) is 0.983. The van der Waals surface area contributed by atoms with Crippen LogP contribution in [-0.2, 0) is 0 Å². The van der Waals surface area contributed by atoms with Gasteiger partial charge >= 0.3 is 0 Å². The Bertz CT molecular complexity index is 1610. The Morgan fingerprint density at radius 1 is 0.314 bits per heavy atom. The van der Waals surface area contributed by atoms with Crippen LogP contribution in [0.1, 0.15) is 264 Å². The van der Waals surface area contributed by atoms with Gasteiger partial charge in [0, 0.05) is 123 Å². The van der Waals surface area contributed by atoms with Crippen LogP contribution >= 0.6 is 0 Å². The minimum atomic E-state index is 0.455. The summed E-state index contributed by atoms with van der Waals surface area (Å²) in [6, 6.07) is 0.723. The number of piperidine rings is 1. The molecule has 6 fully saturated rings. The van der Waals surface area contributed by atoms with E-state index >= 15 is 0 Å². The van der Waals surface area contributed by atoms with E-state index in [9.17, 15) is 0 Å². The third-order valence-corrected chi connectivity index (χ3v) is 19.0. The second-order valence-electron chi connectivity index (χ2n) is 39.6. The summed E-state index contributed by atoms with van der Waals surface area (Å²) in [6.07, 6.45) is 15.0. The van der Waals surface area contributed by atoms with Crippen LogP contribution in [0.15, 0.2) is 0 Å². The van der Waals surface area contributed by atoms with Gasteiger partial charge in [0.25, 0.3) is 0 Å². The van der Waals surface area contributed by atoms with Crippen molar-refractivity contribution in [3.05, 3.63) is 0 Å². The zero-order chi connectivity index (χ0) is 65.6. The normalized spacial score (nSPS) is 21.6. The summed E-state index contributed by atoms with van der Waals surface area (Å²) in [7, 11) is 0. The third kappa shape index (κ3) is 41.3. The van der Waals surface area contributed by atoms with Gasteiger partial charge in [0.1, 0.15) is 0 Å². The molecule has 6 saturated heterocycles. The van der Waals surface area contributed by atoms with Crippen molar-refractivity contribution >= 4 is 0 Å². The molecule has 514 valence electrons. The van der Waals surface area contributed by atoms with Gasteiger partial charge in [0.05, 0.1) is 0 Å². The lowest BCUT2D eigenvalue weighted by molar-refractivity contribution is -0.129. The van der Waals surface area contributed by atoms with Crippen molar-refractivity contribution in [1.29, 1.82) is 0 Å². The summed E-state index contributed by atoms with van der Waals surface area (Å²) in [6.45, 7) is 99.0. The summed E-state index contributed by atoms with van der Waals surface area (Å²) in [4.78, 5) is 23.7. The summed E-state index contributed by atoms with van der Waals surface area (Å²) in [5, 5.41) is 0. The molecule has 0 saturated carbocycles. The predicted molar refractivity (Wildman–Crippen MR) is 385 cm³/mol. The Balaban J connectivity index is 0.000000369. The molecule has 0 radical (unpaired) electrons. The molecule has 0 aliphatic carbocycles. The Hall–Kier alpha value is -0.360. The Labute approximate surface area is 542 Å². The van der Waals surface area contributed by atoms with Crippen molar-refractivity contribution in [2.75, 3.05) is 170 Å². The molecule has 0 aromatic carbocycles. The second kappa shape index (κ2) is 36.9. The Kier molecular flexibility index (Phi) is 35.1. The molecule has 9 nitrogen and oxygen atoms in total. The monoisotopic (exact) mass is 1210 g/mol. The van der Waals surface area contributed by atoms with Gasteiger partial charge < -0.3 is 39.2 Å². The van der Waals surface area contributed by atoms with E-state index in [4.69, 9.17) is 0 Å². The highest BCUT2D eigenvalue weighted by Gasteiger charge is 2.52. The van der Waals surface area contributed by atoms with E-state index in [1.165, 1.54) is 241 Å². The Morgan fingerprint density at radius 3 is 0.919 bits per heavy atom. The van der Waals surface area contributed by atoms with Gasteiger partial charge in [0.15, 0.2) is 0 Å². The number of piperazine rings is 2. The van der Waals surface area contributed by atoms with Crippen LogP contribution in [0.5, 0.6) is 0 Å². The molecule has 1 spiro atoms. The molecule has 6 aliphatic heterocycles. The van der Waals surface area contributed by atoms with E-state index in [0.717, 1.165) is 17.9 Å². The lowest BCUT2D eigenvalue weighted by Gasteiger charge is -2.62. The number of hydrogen-bond acceptors (Lipinski definition) is 9. The smallest absolute Gasteiger partial charge is 0.0212 e. The van der Waals surface area contributed by atoms with E-state index in [1.54, 1.807) is 0 Å². The molecule has 0 amide bonds. The Morgan fingerprint density at radius 2 is 0.628 bits per heavy atom. The van der Waals surface area contributed by atoms with Crippen molar-refractivity contribution < 1.29 is 0 Å². The maximum absolute atomic E-state index is 2.69. The molecular formula is C77H161N9. The summed E-state index contributed by atoms with van der Waals surface area (Å²) >= 11 is 0. The first-order valence-electron chi connectivity index (χ1n) is 36.7. The lowest BCUT2D eigenvalue weighted by atomic mass is 9.71. The zero-order valence-electron chi connectivity index (χ0n) is 64.4. The fourth-order valence-electron chi connectivity index (χ4n) is 13.4. The van der Waals surface area contributed by atoms with Crippen LogP contribution in [0.4, 0.5) is 0 Å². The number of nitrogens with zero attached hydrogens (tertiary/aromatic N) is 9. The lowest BCUT2D eigenvalue weighted by Crippen LogP contribution is -2.73. The van der Waals surface area contributed by atoms with Crippen molar-refractivity contribution in [3.63, 3.8) is 0 Å². The molecule has 0 atom stereocenters. The first-order chi connectivity index (χ1) is 39.2. The molecule has 0 bridgehead atoms. The van der Waals surface area contributed by atoms with Gasteiger partial charge in [-0.25, -0.2) is 0 Å². The van der Waals surface area contributed by atoms with Crippen LogP contribution in [0, 0.1) is 60.6 Å². The highest BCUT2D eigenvalue weighted by molar-refractivity contribution is 5.06.